The van der Waals surface area contributed by atoms with E-state index in [2.05, 4.69) is 27.2 Å². The molecule has 2 rings (SSSR count). The number of hydrogen-bond donors (Lipinski definition) is 3. The average molecular weight is 328 g/mol. The van der Waals surface area contributed by atoms with Crippen LogP contribution in [-0.2, 0) is 9.59 Å². The molecule has 0 atom stereocenters. The number of nitrogens with two attached hydrogens (primary N) is 1. The van der Waals surface area contributed by atoms with Gasteiger partial charge in [-0.05, 0) is 10.8 Å². The monoisotopic (exact) mass is 328 g/mol. The molecule has 1 aromatic rings. The maximum atomic E-state index is 11.9. The molecule has 0 radical (unpaired) electrons. The molecule has 0 aromatic carbocycles. The summed E-state index contributed by atoms with van der Waals surface area (Å²) >= 11 is 2.52. The van der Waals surface area contributed by atoms with E-state index in [0.717, 1.165) is 4.90 Å². The van der Waals surface area contributed by atoms with Gasteiger partial charge in [0.05, 0.1) is 11.6 Å². The van der Waals surface area contributed by atoms with Gasteiger partial charge in [0.1, 0.15) is 5.70 Å². The quantitative estimate of drug-likeness (QED) is 0.618. The number of tetrazole rings is 1. The molecule has 9 nitrogen and oxygen atoms in total. The van der Waals surface area contributed by atoms with Crippen molar-refractivity contribution in [2.45, 2.75) is 5.16 Å². The lowest BCUT2D eigenvalue weighted by Crippen LogP contribution is -2.39. The maximum Gasteiger partial charge on any atom is 0.353 e. The topological polar surface area (TPSA) is 138 Å². The summed E-state index contributed by atoms with van der Waals surface area (Å²) in [6.07, 6.45) is 0. The first-order valence-electron chi connectivity index (χ1n) is 5.71. The molecule has 11 heteroatoms. The normalized spacial score (nSPS) is 15.5. The number of carbonyl (C=O) groups is 2. The summed E-state index contributed by atoms with van der Waals surface area (Å²) in [6, 6.07) is 0. The Morgan fingerprint density at radius 1 is 1.57 bits per heavy atom. The lowest BCUT2D eigenvalue weighted by molar-refractivity contribution is -0.138. The molecule has 0 unspecified atom stereocenters. The van der Waals surface area contributed by atoms with E-state index < -0.39 is 11.9 Å². The maximum absolute atomic E-state index is 11.9. The van der Waals surface area contributed by atoms with E-state index in [4.69, 9.17) is 5.73 Å². The van der Waals surface area contributed by atoms with Gasteiger partial charge >= 0.3 is 5.97 Å². The number of H-pyrrole nitrogens is 1. The van der Waals surface area contributed by atoms with Crippen molar-refractivity contribution in [1.29, 1.82) is 0 Å². The zero-order valence-electron chi connectivity index (χ0n) is 10.8. The third-order valence-electron chi connectivity index (χ3n) is 2.55. The molecule has 0 bridgehead atoms. The number of aromatic nitrogens is 4. The smallest absolute Gasteiger partial charge is 0.353 e. The van der Waals surface area contributed by atoms with Crippen LogP contribution in [-0.4, -0.2) is 60.6 Å². The molecular formula is C10H12N6O3S2. The molecule has 112 valence electrons. The molecular weight excluding hydrogens is 316 g/mol. The highest BCUT2D eigenvalue weighted by atomic mass is 32.2. The number of carbonyl (C=O) groups excluding carboxylic acids is 1. The number of aliphatic carboxylic acids is 1. The van der Waals surface area contributed by atoms with Crippen LogP contribution in [0.15, 0.2) is 28.0 Å². The number of carboxylic acid groups (broad SMARTS) is 1. The Hall–Kier alpha value is -1.85. The van der Waals surface area contributed by atoms with Gasteiger partial charge < -0.3 is 10.8 Å². The fourth-order valence-corrected chi connectivity index (χ4v) is 3.44. The van der Waals surface area contributed by atoms with Crippen LogP contribution in [0.5, 0.6) is 0 Å². The number of nitrogens with zero attached hydrogens (tertiary/aromatic N) is 4. The largest absolute Gasteiger partial charge is 0.477 e. The van der Waals surface area contributed by atoms with Gasteiger partial charge in [-0.25, -0.2) is 4.79 Å². The highest BCUT2D eigenvalue weighted by Crippen LogP contribution is 2.34. The summed E-state index contributed by atoms with van der Waals surface area (Å²) in [5.74, 6) is -0.941. The Morgan fingerprint density at radius 2 is 2.33 bits per heavy atom. The Morgan fingerprint density at radius 3 is 2.90 bits per heavy atom. The van der Waals surface area contributed by atoms with Crippen molar-refractivity contribution < 1.29 is 14.7 Å². The minimum atomic E-state index is -1.19. The average Bonchev–Trinajstić information content (AvgIpc) is 2.97. The molecule has 1 aliphatic rings. The minimum Gasteiger partial charge on any atom is -0.477 e. The molecule has 1 amide bonds. The number of rotatable bonds is 5. The highest BCUT2D eigenvalue weighted by Gasteiger charge is 2.32. The van der Waals surface area contributed by atoms with E-state index in [-0.39, 0.29) is 12.2 Å². The number of thioether (sulfide) groups is 2. The number of carboxylic acids is 1. The lowest BCUT2D eigenvalue weighted by atomic mass is 10.2. The van der Waals surface area contributed by atoms with E-state index in [1.54, 1.807) is 0 Å². The van der Waals surface area contributed by atoms with Gasteiger partial charge in [0, 0.05) is 11.5 Å². The van der Waals surface area contributed by atoms with E-state index in [9.17, 15) is 14.7 Å². The van der Waals surface area contributed by atoms with Crippen LogP contribution in [0.4, 0.5) is 0 Å². The highest BCUT2D eigenvalue weighted by molar-refractivity contribution is 8.03. The van der Waals surface area contributed by atoms with Gasteiger partial charge in [-0.15, -0.1) is 22.0 Å². The summed E-state index contributed by atoms with van der Waals surface area (Å²) in [7, 11) is 0. The Balaban J connectivity index is 2.28. The fraction of sp³-hybridized carbons (Fsp3) is 0.300. The SMILES string of the molecule is C=C1SCC(CSc2nn[nH]n2)=C(C(=O)O)N1C(=O)CN. The van der Waals surface area contributed by atoms with Crippen LogP contribution in [0.2, 0.25) is 0 Å². The van der Waals surface area contributed by atoms with Gasteiger partial charge in [-0.3, -0.25) is 9.69 Å². The summed E-state index contributed by atoms with van der Waals surface area (Å²) in [5, 5.41) is 23.4. The van der Waals surface area contributed by atoms with Crippen LogP contribution < -0.4 is 5.73 Å². The molecule has 21 heavy (non-hydrogen) atoms. The van der Waals surface area contributed by atoms with Crippen LogP contribution in [0.1, 0.15) is 0 Å². The standard InChI is InChI=1S/C10H12N6O3S2/c1-5-16(7(17)2-11)8(9(18)19)6(3-20-5)4-21-10-12-14-15-13-10/h1-4,11H2,(H,18,19)(H,12,13,14,15). The van der Waals surface area contributed by atoms with E-state index >= 15 is 0 Å². The lowest BCUT2D eigenvalue weighted by Gasteiger charge is -2.30. The van der Waals surface area contributed by atoms with Crippen LogP contribution in [0.25, 0.3) is 0 Å². The third kappa shape index (κ3) is 3.43. The summed E-state index contributed by atoms with van der Waals surface area (Å²) < 4.78 is 0. The molecule has 0 saturated heterocycles. The van der Waals surface area contributed by atoms with Crippen molar-refractivity contribution in [2.75, 3.05) is 18.1 Å². The van der Waals surface area contributed by atoms with Crippen molar-refractivity contribution in [2.24, 2.45) is 5.73 Å². The first-order chi connectivity index (χ1) is 10.0. The van der Waals surface area contributed by atoms with Crippen molar-refractivity contribution in [1.82, 2.24) is 25.5 Å². The first kappa shape index (κ1) is 15.5. The molecule has 2 heterocycles. The van der Waals surface area contributed by atoms with Crippen molar-refractivity contribution in [3.63, 3.8) is 0 Å². The Bertz CT molecular complexity index is 600. The van der Waals surface area contributed by atoms with Gasteiger partial charge in [0.15, 0.2) is 0 Å². The molecule has 0 fully saturated rings. The van der Waals surface area contributed by atoms with Crippen LogP contribution in [0.3, 0.4) is 0 Å². The number of amides is 1. The molecule has 0 saturated carbocycles. The summed E-state index contributed by atoms with van der Waals surface area (Å²) in [6.45, 7) is 3.42. The minimum absolute atomic E-state index is 0.0924. The van der Waals surface area contributed by atoms with E-state index in [1.165, 1.54) is 23.5 Å². The van der Waals surface area contributed by atoms with Crippen molar-refractivity contribution in [3.05, 3.63) is 22.9 Å². The van der Waals surface area contributed by atoms with Crippen LogP contribution in [0, 0.1) is 0 Å². The fourth-order valence-electron chi connectivity index (χ4n) is 1.66. The van der Waals surface area contributed by atoms with E-state index in [0.29, 0.717) is 27.3 Å². The Kier molecular flexibility index (Phi) is 4.98. The van der Waals surface area contributed by atoms with E-state index in [1.807, 2.05) is 0 Å². The van der Waals surface area contributed by atoms with Crippen molar-refractivity contribution in [3.8, 4) is 0 Å². The second-order valence-corrected chi connectivity index (χ2v) is 5.85. The molecule has 0 aliphatic carbocycles. The van der Waals surface area contributed by atoms with Gasteiger partial charge in [-0.2, -0.15) is 5.21 Å². The summed E-state index contributed by atoms with van der Waals surface area (Å²) in [5.41, 5.74) is 5.82. The molecule has 4 N–H and O–H groups in total. The Labute approximate surface area is 128 Å². The third-order valence-corrected chi connectivity index (χ3v) is 4.48. The van der Waals surface area contributed by atoms with Gasteiger partial charge in [0.2, 0.25) is 11.1 Å². The number of aromatic amines is 1. The zero-order valence-corrected chi connectivity index (χ0v) is 12.4. The van der Waals surface area contributed by atoms with Crippen molar-refractivity contribution >= 4 is 35.4 Å². The second-order valence-electron chi connectivity index (χ2n) is 3.86. The summed E-state index contributed by atoms with van der Waals surface area (Å²) in [4.78, 5) is 24.4. The molecule has 1 aromatic heterocycles. The van der Waals surface area contributed by atoms with Gasteiger partial charge in [0.25, 0.3) is 0 Å². The molecule has 0 spiro atoms. The molecule has 1 aliphatic heterocycles. The van der Waals surface area contributed by atoms with Gasteiger partial charge in [-0.1, -0.05) is 18.3 Å². The second kappa shape index (κ2) is 6.74. The zero-order chi connectivity index (χ0) is 15.4. The predicted molar refractivity (Wildman–Crippen MR) is 77.1 cm³/mol. The van der Waals surface area contributed by atoms with Crippen LogP contribution >= 0.6 is 23.5 Å². The first-order valence-corrected chi connectivity index (χ1v) is 7.68. The number of nitrogens with one attached hydrogen (secondary N) is 1. The number of hydrogen-bond acceptors (Lipinski definition) is 8. The predicted octanol–water partition coefficient (Wildman–Crippen LogP) is -0.364.